The first-order valence-corrected chi connectivity index (χ1v) is 3.23. The summed E-state index contributed by atoms with van der Waals surface area (Å²) in [4.78, 5) is 10.5. The van der Waals surface area contributed by atoms with Crippen LogP contribution in [0, 0.1) is 5.92 Å². The van der Waals surface area contributed by atoms with E-state index in [9.17, 15) is 4.79 Å². The Kier molecular flexibility index (Phi) is 1.88. The Hall–Kier alpha value is -0.790. The molecule has 0 bridgehead atoms. The van der Waals surface area contributed by atoms with Crippen LogP contribution in [-0.2, 0) is 4.79 Å². The second-order valence-corrected chi connectivity index (χ2v) is 2.31. The average Bonchev–Trinajstić information content (AvgIpc) is 2.65. The fraction of sp³-hybridized carbons (Fsp3) is 0.571. The lowest BCUT2D eigenvalue weighted by Gasteiger charge is -1.86. The van der Waals surface area contributed by atoms with Crippen molar-refractivity contribution in [1.82, 2.24) is 5.32 Å². The van der Waals surface area contributed by atoms with E-state index in [0.717, 1.165) is 0 Å². The van der Waals surface area contributed by atoms with Gasteiger partial charge in [0.25, 0.3) is 0 Å². The third-order valence-corrected chi connectivity index (χ3v) is 1.39. The third kappa shape index (κ3) is 2.31. The zero-order valence-corrected chi connectivity index (χ0v) is 5.55. The molecule has 2 heteroatoms. The highest BCUT2D eigenvalue weighted by molar-refractivity contribution is 5.87. The van der Waals surface area contributed by atoms with Crippen molar-refractivity contribution in [2.75, 3.05) is 7.05 Å². The van der Waals surface area contributed by atoms with Crippen molar-refractivity contribution in [1.29, 1.82) is 0 Å². The highest BCUT2D eigenvalue weighted by Crippen LogP contribution is 2.29. The minimum atomic E-state index is 0.00176. The van der Waals surface area contributed by atoms with E-state index in [0.29, 0.717) is 5.92 Å². The lowest BCUT2D eigenvalue weighted by Crippen LogP contribution is -2.13. The summed E-state index contributed by atoms with van der Waals surface area (Å²) < 4.78 is 0. The van der Waals surface area contributed by atoms with Gasteiger partial charge in [0.2, 0.25) is 5.91 Å². The van der Waals surface area contributed by atoms with E-state index in [1.165, 1.54) is 12.8 Å². The summed E-state index contributed by atoms with van der Waals surface area (Å²) >= 11 is 0. The number of nitrogens with one attached hydrogen (secondary N) is 1. The number of hydrogen-bond acceptors (Lipinski definition) is 1. The van der Waals surface area contributed by atoms with Gasteiger partial charge in [-0.25, -0.2) is 0 Å². The Bertz CT molecular complexity index is 136. The van der Waals surface area contributed by atoms with E-state index in [2.05, 4.69) is 5.32 Å². The smallest absolute Gasteiger partial charge is 0.243 e. The van der Waals surface area contributed by atoms with Gasteiger partial charge in [0, 0.05) is 7.05 Å². The number of hydrogen-bond donors (Lipinski definition) is 1. The van der Waals surface area contributed by atoms with Gasteiger partial charge in [-0.1, -0.05) is 6.08 Å². The SMILES string of the molecule is CNC(=O)C=CC1CC1. The Morgan fingerprint density at radius 3 is 2.78 bits per heavy atom. The Morgan fingerprint density at radius 2 is 2.33 bits per heavy atom. The van der Waals surface area contributed by atoms with Crippen LogP contribution in [0.3, 0.4) is 0 Å². The van der Waals surface area contributed by atoms with Gasteiger partial charge < -0.3 is 5.32 Å². The lowest BCUT2D eigenvalue weighted by atomic mass is 10.3. The molecular formula is C7H11NO. The third-order valence-electron chi connectivity index (χ3n) is 1.39. The van der Waals surface area contributed by atoms with Crippen molar-refractivity contribution < 1.29 is 4.79 Å². The van der Waals surface area contributed by atoms with E-state index in [-0.39, 0.29) is 5.91 Å². The molecule has 1 amide bonds. The summed E-state index contributed by atoms with van der Waals surface area (Å²) in [6, 6.07) is 0. The summed E-state index contributed by atoms with van der Waals surface area (Å²) in [5.41, 5.74) is 0. The summed E-state index contributed by atoms with van der Waals surface area (Å²) in [7, 11) is 1.64. The summed E-state index contributed by atoms with van der Waals surface area (Å²) in [5.74, 6) is 0.698. The molecule has 2 nitrogen and oxygen atoms in total. The molecule has 1 aliphatic rings. The number of amides is 1. The van der Waals surface area contributed by atoms with Crippen LogP contribution >= 0.6 is 0 Å². The minimum absolute atomic E-state index is 0.00176. The molecule has 50 valence electrons. The molecule has 0 saturated heterocycles. The van der Waals surface area contributed by atoms with Crippen LogP contribution in [0.4, 0.5) is 0 Å². The van der Waals surface area contributed by atoms with E-state index in [1.807, 2.05) is 6.08 Å². The van der Waals surface area contributed by atoms with Gasteiger partial charge >= 0.3 is 0 Å². The quantitative estimate of drug-likeness (QED) is 0.541. The van der Waals surface area contributed by atoms with Crippen molar-refractivity contribution in [3.63, 3.8) is 0 Å². The van der Waals surface area contributed by atoms with Gasteiger partial charge in [-0.2, -0.15) is 0 Å². The van der Waals surface area contributed by atoms with Crippen LogP contribution in [0.2, 0.25) is 0 Å². The summed E-state index contributed by atoms with van der Waals surface area (Å²) in [6.45, 7) is 0. The van der Waals surface area contributed by atoms with E-state index in [4.69, 9.17) is 0 Å². The number of rotatable bonds is 2. The van der Waals surface area contributed by atoms with Crippen LogP contribution in [0.5, 0.6) is 0 Å². The molecule has 0 heterocycles. The molecule has 0 spiro atoms. The molecule has 0 aromatic heterocycles. The molecule has 1 fully saturated rings. The highest BCUT2D eigenvalue weighted by Gasteiger charge is 2.17. The lowest BCUT2D eigenvalue weighted by molar-refractivity contribution is -0.116. The zero-order chi connectivity index (χ0) is 6.69. The first-order valence-electron chi connectivity index (χ1n) is 3.23. The van der Waals surface area contributed by atoms with Crippen molar-refractivity contribution in [2.24, 2.45) is 5.92 Å². The van der Waals surface area contributed by atoms with Crippen molar-refractivity contribution in [3.05, 3.63) is 12.2 Å². The number of likely N-dealkylation sites (N-methyl/N-ethyl adjacent to an activating group) is 1. The molecule has 0 radical (unpaired) electrons. The fourth-order valence-corrected chi connectivity index (χ4v) is 0.595. The van der Waals surface area contributed by atoms with Gasteiger partial charge in [-0.3, -0.25) is 4.79 Å². The average molecular weight is 125 g/mol. The van der Waals surface area contributed by atoms with E-state index >= 15 is 0 Å². The molecule has 0 aromatic carbocycles. The summed E-state index contributed by atoms with van der Waals surface area (Å²) in [5, 5.41) is 2.52. The summed E-state index contributed by atoms with van der Waals surface area (Å²) in [6.07, 6.45) is 6.09. The van der Waals surface area contributed by atoms with Gasteiger partial charge in [0.05, 0.1) is 0 Å². The topological polar surface area (TPSA) is 29.1 Å². The van der Waals surface area contributed by atoms with Crippen LogP contribution in [0.25, 0.3) is 0 Å². The minimum Gasteiger partial charge on any atom is -0.356 e. The maximum Gasteiger partial charge on any atom is 0.243 e. The predicted molar refractivity (Wildman–Crippen MR) is 35.9 cm³/mol. The van der Waals surface area contributed by atoms with Crippen molar-refractivity contribution in [2.45, 2.75) is 12.8 Å². The first kappa shape index (κ1) is 6.33. The van der Waals surface area contributed by atoms with Crippen molar-refractivity contribution >= 4 is 5.91 Å². The van der Waals surface area contributed by atoms with Gasteiger partial charge in [-0.15, -0.1) is 0 Å². The van der Waals surface area contributed by atoms with Crippen LogP contribution in [0.15, 0.2) is 12.2 Å². The number of carbonyl (C=O) groups excluding carboxylic acids is 1. The van der Waals surface area contributed by atoms with Crippen LogP contribution in [-0.4, -0.2) is 13.0 Å². The molecule has 1 N–H and O–H groups in total. The Labute approximate surface area is 54.9 Å². The first-order chi connectivity index (χ1) is 4.33. The maximum absolute atomic E-state index is 10.5. The Morgan fingerprint density at radius 1 is 1.67 bits per heavy atom. The largest absolute Gasteiger partial charge is 0.356 e. The highest BCUT2D eigenvalue weighted by atomic mass is 16.1. The number of carbonyl (C=O) groups is 1. The molecule has 1 saturated carbocycles. The molecule has 1 aliphatic carbocycles. The normalized spacial score (nSPS) is 18.3. The standard InChI is InChI=1S/C7H11NO/c1-8-7(9)5-4-6-2-3-6/h4-6H,2-3H2,1H3,(H,8,9). The molecule has 1 rings (SSSR count). The maximum atomic E-state index is 10.5. The molecule has 0 atom stereocenters. The van der Waals surface area contributed by atoms with Gasteiger partial charge in [-0.05, 0) is 24.8 Å². The van der Waals surface area contributed by atoms with Crippen molar-refractivity contribution in [3.8, 4) is 0 Å². The number of allylic oxidation sites excluding steroid dienone is 1. The van der Waals surface area contributed by atoms with Crippen LogP contribution in [0.1, 0.15) is 12.8 Å². The Balaban J connectivity index is 2.20. The predicted octanol–water partition coefficient (Wildman–Crippen LogP) is 0.699. The molecule has 0 aliphatic heterocycles. The second-order valence-electron chi connectivity index (χ2n) is 2.31. The fourth-order valence-electron chi connectivity index (χ4n) is 0.595. The zero-order valence-electron chi connectivity index (χ0n) is 5.55. The van der Waals surface area contributed by atoms with E-state index < -0.39 is 0 Å². The van der Waals surface area contributed by atoms with E-state index in [1.54, 1.807) is 13.1 Å². The second kappa shape index (κ2) is 2.67. The molecule has 0 unspecified atom stereocenters. The van der Waals surface area contributed by atoms with Gasteiger partial charge in [0.1, 0.15) is 0 Å². The molecule has 0 aromatic rings. The molecule has 9 heavy (non-hydrogen) atoms. The monoisotopic (exact) mass is 125 g/mol. The molecular weight excluding hydrogens is 114 g/mol. The van der Waals surface area contributed by atoms with Crippen LogP contribution < -0.4 is 5.32 Å². The van der Waals surface area contributed by atoms with Gasteiger partial charge in [0.15, 0.2) is 0 Å².